The second-order valence-electron chi connectivity index (χ2n) is 5.95. The topological polar surface area (TPSA) is 12.0 Å². The van der Waals surface area contributed by atoms with E-state index >= 15 is 0 Å². The van der Waals surface area contributed by atoms with Gasteiger partial charge in [0.1, 0.15) is 5.82 Å². The van der Waals surface area contributed by atoms with E-state index in [0.717, 1.165) is 28.6 Å². The van der Waals surface area contributed by atoms with Crippen molar-refractivity contribution in [3.63, 3.8) is 0 Å². The highest BCUT2D eigenvalue weighted by Crippen LogP contribution is 2.39. The molecule has 1 aliphatic rings. The van der Waals surface area contributed by atoms with Gasteiger partial charge in [0.2, 0.25) is 0 Å². The van der Waals surface area contributed by atoms with Gasteiger partial charge in [-0.1, -0.05) is 38.1 Å². The maximum atomic E-state index is 14.0. The molecule has 0 spiro atoms. The molecule has 1 unspecified atom stereocenters. The first-order valence-electron chi connectivity index (χ1n) is 7.39. The number of anilines is 1. The standard InChI is InChI=1S/C18H19BrFN/c1-11(2)13-9-12-7-8-17(21-18(12)15(19)10-13)14-5-3-4-6-16(14)20/h3-6,9-11,17,21H,7-8H2,1-2H3. The molecule has 2 aromatic carbocycles. The molecule has 3 heteroatoms. The van der Waals surface area contributed by atoms with E-state index in [1.54, 1.807) is 6.07 Å². The number of halogens is 2. The molecule has 0 aromatic heterocycles. The van der Waals surface area contributed by atoms with Crippen molar-refractivity contribution in [2.75, 3.05) is 5.32 Å². The van der Waals surface area contributed by atoms with Gasteiger partial charge in [0.25, 0.3) is 0 Å². The number of hydrogen-bond donors (Lipinski definition) is 1. The van der Waals surface area contributed by atoms with Crippen LogP contribution >= 0.6 is 15.9 Å². The molecule has 1 N–H and O–H groups in total. The Morgan fingerprint density at radius 3 is 2.71 bits per heavy atom. The van der Waals surface area contributed by atoms with E-state index < -0.39 is 0 Å². The highest BCUT2D eigenvalue weighted by Gasteiger charge is 2.23. The summed E-state index contributed by atoms with van der Waals surface area (Å²) in [6, 6.07) is 11.5. The zero-order valence-corrected chi connectivity index (χ0v) is 13.9. The summed E-state index contributed by atoms with van der Waals surface area (Å²) in [6.45, 7) is 4.40. The quantitative estimate of drug-likeness (QED) is 0.722. The molecule has 1 nitrogen and oxygen atoms in total. The summed E-state index contributed by atoms with van der Waals surface area (Å²) in [5.74, 6) is 0.379. The van der Waals surface area contributed by atoms with Crippen molar-refractivity contribution in [2.24, 2.45) is 0 Å². The lowest BCUT2D eigenvalue weighted by Crippen LogP contribution is -2.19. The van der Waals surface area contributed by atoms with E-state index in [9.17, 15) is 4.39 Å². The lowest BCUT2D eigenvalue weighted by molar-refractivity contribution is 0.572. The Morgan fingerprint density at radius 1 is 1.24 bits per heavy atom. The summed E-state index contributed by atoms with van der Waals surface area (Å²) in [6.07, 6.45) is 1.89. The fraction of sp³-hybridized carbons (Fsp3) is 0.333. The first-order valence-corrected chi connectivity index (χ1v) is 8.19. The zero-order valence-electron chi connectivity index (χ0n) is 12.3. The highest BCUT2D eigenvalue weighted by atomic mass is 79.9. The van der Waals surface area contributed by atoms with Crippen molar-refractivity contribution in [3.05, 3.63) is 63.4 Å². The normalized spacial score (nSPS) is 17.5. The smallest absolute Gasteiger partial charge is 0.128 e. The van der Waals surface area contributed by atoms with Gasteiger partial charge in [-0.25, -0.2) is 4.39 Å². The second-order valence-corrected chi connectivity index (χ2v) is 6.80. The van der Waals surface area contributed by atoms with Crippen LogP contribution in [0, 0.1) is 5.82 Å². The third-order valence-corrected chi connectivity index (χ3v) is 4.79. The number of nitrogens with one attached hydrogen (secondary N) is 1. The van der Waals surface area contributed by atoms with E-state index in [1.807, 2.05) is 12.1 Å². The number of benzene rings is 2. The molecule has 0 saturated carbocycles. The lowest BCUT2D eigenvalue weighted by atomic mass is 9.90. The monoisotopic (exact) mass is 347 g/mol. The van der Waals surface area contributed by atoms with E-state index in [1.165, 1.54) is 17.2 Å². The average molecular weight is 348 g/mol. The van der Waals surface area contributed by atoms with Crippen LogP contribution in [0.25, 0.3) is 0 Å². The Bertz CT molecular complexity index is 666. The molecule has 0 amide bonds. The van der Waals surface area contributed by atoms with E-state index in [2.05, 4.69) is 47.2 Å². The molecular formula is C18H19BrFN. The Morgan fingerprint density at radius 2 is 2.00 bits per heavy atom. The Balaban J connectivity index is 1.94. The number of rotatable bonds is 2. The minimum absolute atomic E-state index is 0.0416. The SMILES string of the molecule is CC(C)c1cc(Br)c2c(c1)CCC(c1ccccc1F)N2. The average Bonchev–Trinajstić information content (AvgIpc) is 2.47. The van der Waals surface area contributed by atoms with Crippen molar-refractivity contribution in [2.45, 2.75) is 38.6 Å². The molecule has 0 fully saturated rings. The summed E-state index contributed by atoms with van der Waals surface area (Å²) >= 11 is 3.66. The van der Waals surface area contributed by atoms with Crippen LogP contribution in [0.15, 0.2) is 40.9 Å². The van der Waals surface area contributed by atoms with Crippen LogP contribution in [-0.2, 0) is 6.42 Å². The molecular weight excluding hydrogens is 329 g/mol. The third-order valence-electron chi connectivity index (χ3n) is 4.16. The van der Waals surface area contributed by atoms with Crippen LogP contribution < -0.4 is 5.32 Å². The van der Waals surface area contributed by atoms with Crippen LogP contribution in [0.4, 0.5) is 10.1 Å². The van der Waals surface area contributed by atoms with E-state index in [4.69, 9.17) is 0 Å². The van der Waals surface area contributed by atoms with Gasteiger partial charge in [0.05, 0.1) is 11.7 Å². The first kappa shape index (κ1) is 14.6. The second kappa shape index (κ2) is 5.80. The van der Waals surface area contributed by atoms with Crippen molar-refractivity contribution < 1.29 is 4.39 Å². The molecule has 0 aliphatic carbocycles. The van der Waals surface area contributed by atoms with Gasteiger partial charge in [-0.3, -0.25) is 0 Å². The Labute approximate surface area is 133 Å². The molecule has 21 heavy (non-hydrogen) atoms. The molecule has 0 bridgehead atoms. The van der Waals surface area contributed by atoms with Gasteiger partial charge in [0, 0.05) is 10.0 Å². The van der Waals surface area contributed by atoms with Gasteiger partial charge in [-0.15, -0.1) is 0 Å². The van der Waals surface area contributed by atoms with Gasteiger partial charge >= 0.3 is 0 Å². The largest absolute Gasteiger partial charge is 0.377 e. The number of aryl methyl sites for hydroxylation is 1. The molecule has 0 saturated heterocycles. The van der Waals surface area contributed by atoms with Crippen LogP contribution in [0.3, 0.4) is 0 Å². The summed E-state index contributed by atoms with van der Waals surface area (Å²) in [4.78, 5) is 0. The zero-order chi connectivity index (χ0) is 15.0. The minimum Gasteiger partial charge on any atom is -0.377 e. The Hall–Kier alpha value is -1.35. The van der Waals surface area contributed by atoms with Crippen LogP contribution in [0.1, 0.15) is 48.9 Å². The van der Waals surface area contributed by atoms with Gasteiger partial charge in [-0.05, 0) is 57.9 Å². The molecule has 0 radical (unpaired) electrons. The summed E-state index contributed by atoms with van der Waals surface area (Å²) in [5.41, 5.74) is 4.52. The molecule has 2 aromatic rings. The van der Waals surface area contributed by atoms with Crippen molar-refractivity contribution in [1.29, 1.82) is 0 Å². The fourth-order valence-electron chi connectivity index (χ4n) is 2.92. The Kier molecular flexibility index (Phi) is 4.03. The molecule has 1 atom stereocenters. The number of hydrogen-bond acceptors (Lipinski definition) is 1. The maximum Gasteiger partial charge on any atom is 0.128 e. The van der Waals surface area contributed by atoms with Crippen LogP contribution in [0.5, 0.6) is 0 Å². The summed E-state index contributed by atoms with van der Waals surface area (Å²) in [5, 5.41) is 3.50. The fourth-order valence-corrected chi connectivity index (χ4v) is 3.55. The van der Waals surface area contributed by atoms with E-state index in [-0.39, 0.29) is 11.9 Å². The highest BCUT2D eigenvalue weighted by molar-refractivity contribution is 9.10. The predicted molar refractivity (Wildman–Crippen MR) is 89.3 cm³/mol. The molecule has 1 aliphatic heterocycles. The minimum atomic E-state index is -0.131. The lowest BCUT2D eigenvalue weighted by Gasteiger charge is -2.29. The predicted octanol–water partition coefficient (Wildman–Crippen LogP) is 5.81. The first-order chi connectivity index (χ1) is 10.1. The molecule has 3 rings (SSSR count). The van der Waals surface area contributed by atoms with Gasteiger partial charge < -0.3 is 5.32 Å². The number of fused-ring (bicyclic) bond motifs is 1. The molecule has 1 heterocycles. The van der Waals surface area contributed by atoms with Crippen LogP contribution in [-0.4, -0.2) is 0 Å². The molecule has 110 valence electrons. The van der Waals surface area contributed by atoms with Crippen molar-refractivity contribution >= 4 is 21.6 Å². The van der Waals surface area contributed by atoms with E-state index in [0.29, 0.717) is 5.92 Å². The third kappa shape index (κ3) is 2.84. The van der Waals surface area contributed by atoms with Crippen LogP contribution in [0.2, 0.25) is 0 Å². The summed E-state index contributed by atoms with van der Waals surface area (Å²) < 4.78 is 15.0. The van der Waals surface area contributed by atoms with Gasteiger partial charge in [0.15, 0.2) is 0 Å². The van der Waals surface area contributed by atoms with Crippen molar-refractivity contribution in [3.8, 4) is 0 Å². The maximum absolute atomic E-state index is 14.0. The summed E-state index contributed by atoms with van der Waals surface area (Å²) in [7, 11) is 0. The van der Waals surface area contributed by atoms with Gasteiger partial charge in [-0.2, -0.15) is 0 Å². The van der Waals surface area contributed by atoms with Crippen molar-refractivity contribution in [1.82, 2.24) is 0 Å².